The van der Waals surface area contributed by atoms with E-state index in [9.17, 15) is 0 Å². The van der Waals surface area contributed by atoms with E-state index in [1.165, 1.54) is 0 Å². The van der Waals surface area contributed by atoms with Crippen LogP contribution in [0.15, 0.2) is 39.8 Å². The third kappa shape index (κ3) is 10.2. The van der Waals surface area contributed by atoms with Crippen LogP contribution in [0, 0.1) is 0 Å². The summed E-state index contributed by atoms with van der Waals surface area (Å²) >= 11 is 0. The molecule has 0 saturated carbocycles. The summed E-state index contributed by atoms with van der Waals surface area (Å²) in [7, 11) is 4.14. The second-order valence-corrected chi connectivity index (χ2v) is 7.93. The third-order valence-corrected chi connectivity index (χ3v) is 5.12. The molecular weight excluding hydrogens is 517 g/mol. The average Bonchev–Trinajstić information content (AvgIpc) is 3.23. The van der Waals surface area contributed by atoms with Crippen LogP contribution in [-0.4, -0.2) is 49.8 Å². The number of guanidine groups is 1. The number of nitrogens with one attached hydrogen (secondary N) is 2. The summed E-state index contributed by atoms with van der Waals surface area (Å²) in [5.41, 5.74) is 2.17. The fourth-order valence-corrected chi connectivity index (χ4v) is 3.26. The van der Waals surface area contributed by atoms with Gasteiger partial charge in [0.15, 0.2) is 11.7 Å². The van der Waals surface area contributed by atoms with Crippen molar-refractivity contribution in [1.82, 2.24) is 20.7 Å². The standard InChI is InChI=1S/C24H39N5O2.HI/c1-6-20(7-2)23-16-22(31-28-23)18-27-24(25-8-3)26-17-19-10-12-21(13-11-19)30-15-9-14-29(4)5;/h10-13,16,20H,6-9,14-15,17-18H2,1-5H3,(H2,25,26,27);1H. The Balaban J connectivity index is 0.00000512. The number of nitrogens with zero attached hydrogens (tertiary/aromatic N) is 3. The first-order valence-electron chi connectivity index (χ1n) is 11.4. The Kier molecular flexibility index (Phi) is 14.0. The second kappa shape index (κ2) is 15.9. The first-order valence-corrected chi connectivity index (χ1v) is 11.4. The molecule has 0 amide bonds. The zero-order valence-corrected chi connectivity index (χ0v) is 22.5. The highest BCUT2D eigenvalue weighted by Gasteiger charge is 2.13. The Morgan fingerprint density at radius 1 is 1.12 bits per heavy atom. The van der Waals surface area contributed by atoms with Crippen LogP contribution < -0.4 is 15.4 Å². The van der Waals surface area contributed by atoms with Crippen LogP contribution in [0.1, 0.15) is 63.0 Å². The summed E-state index contributed by atoms with van der Waals surface area (Å²) in [6.45, 7) is 10.1. The molecule has 0 fully saturated rings. The lowest BCUT2D eigenvalue weighted by Crippen LogP contribution is -2.36. The van der Waals surface area contributed by atoms with Gasteiger partial charge in [0.2, 0.25) is 0 Å². The van der Waals surface area contributed by atoms with E-state index < -0.39 is 0 Å². The zero-order chi connectivity index (χ0) is 22.5. The highest BCUT2D eigenvalue weighted by atomic mass is 127. The summed E-state index contributed by atoms with van der Waals surface area (Å²) in [5.74, 6) is 2.93. The highest BCUT2D eigenvalue weighted by molar-refractivity contribution is 14.0. The van der Waals surface area contributed by atoms with Gasteiger partial charge in [-0.1, -0.05) is 31.1 Å². The number of aromatic nitrogens is 1. The number of hydrogen-bond donors (Lipinski definition) is 2. The molecule has 180 valence electrons. The SMILES string of the molecule is CCNC(=NCc1ccc(OCCCN(C)C)cc1)NCc1cc(C(CC)CC)no1.I. The normalized spacial score (nSPS) is 11.5. The molecule has 2 aromatic rings. The lowest BCUT2D eigenvalue weighted by Gasteiger charge is -2.11. The van der Waals surface area contributed by atoms with E-state index in [0.29, 0.717) is 19.0 Å². The number of halogens is 1. The second-order valence-electron chi connectivity index (χ2n) is 7.93. The van der Waals surface area contributed by atoms with Gasteiger partial charge in [-0.05, 0) is 58.0 Å². The summed E-state index contributed by atoms with van der Waals surface area (Å²) in [5, 5.41) is 10.8. The maximum Gasteiger partial charge on any atom is 0.191 e. The van der Waals surface area contributed by atoms with Crippen LogP contribution in [-0.2, 0) is 13.1 Å². The molecule has 1 aromatic heterocycles. The minimum Gasteiger partial charge on any atom is -0.494 e. The molecule has 1 heterocycles. The first-order chi connectivity index (χ1) is 15.0. The van der Waals surface area contributed by atoms with E-state index in [0.717, 1.165) is 67.7 Å². The Bertz CT molecular complexity index is 773. The van der Waals surface area contributed by atoms with Crippen molar-refractivity contribution in [3.05, 3.63) is 47.3 Å². The number of hydrogen-bond acceptors (Lipinski definition) is 5. The fraction of sp³-hybridized carbons (Fsp3) is 0.583. The molecule has 8 heteroatoms. The molecule has 1 aromatic carbocycles. The van der Waals surface area contributed by atoms with E-state index in [-0.39, 0.29) is 24.0 Å². The first kappa shape index (κ1) is 28.2. The van der Waals surface area contributed by atoms with Gasteiger partial charge >= 0.3 is 0 Å². The molecule has 2 rings (SSSR count). The van der Waals surface area contributed by atoms with Crippen molar-refractivity contribution >= 4 is 29.9 Å². The number of ether oxygens (including phenoxy) is 1. The number of rotatable bonds is 13. The predicted molar refractivity (Wildman–Crippen MR) is 142 cm³/mol. The molecular formula is C24H40IN5O2. The highest BCUT2D eigenvalue weighted by Crippen LogP contribution is 2.22. The van der Waals surface area contributed by atoms with E-state index in [1.54, 1.807) is 0 Å². The monoisotopic (exact) mass is 557 g/mol. The summed E-state index contributed by atoms with van der Waals surface area (Å²) < 4.78 is 11.3. The molecule has 0 aliphatic rings. The molecule has 0 unspecified atom stereocenters. The van der Waals surface area contributed by atoms with Gasteiger partial charge in [-0.25, -0.2) is 4.99 Å². The van der Waals surface area contributed by atoms with Crippen molar-refractivity contribution in [3.63, 3.8) is 0 Å². The van der Waals surface area contributed by atoms with Crippen LogP contribution in [0.4, 0.5) is 0 Å². The van der Waals surface area contributed by atoms with Crippen LogP contribution in [0.2, 0.25) is 0 Å². The van der Waals surface area contributed by atoms with Crippen molar-refractivity contribution in [2.75, 3.05) is 33.8 Å². The van der Waals surface area contributed by atoms with Crippen molar-refractivity contribution in [2.24, 2.45) is 4.99 Å². The number of benzene rings is 1. The molecule has 0 aliphatic carbocycles. The Labute approximate surface area is 210 Å². The van der Waals surface area contributed by atoms with Crippen molar-refractivity contribution in [2.45, 2.75) is 59.0 Å². The number of aliphatic imine (C=N–C) groups is 1. The van der Waals surface area contributed by atoms with Gasteiger partial charge in [-0.3, -0.25) is 0 Å². The molecule has 0 bridgehead atoms. The van der Waals surface area contributed by atoms with Gasteiger partial charge in [0.05, 0.1) is 25.4 Å². The minimum absolute atomic E-state index is 0. The quantitative estimate of drug-likeness (QED) is 0.160. The topological polar surface area (TPSA) is 74.9 Å². The van der Waals surface area contributed by atoms with E-state index >= 15 is 0 Å². The van der Waals surface area contributed by atoms with Crippen LogP contribution >= 0.6 is 24.0 Å². The van der Waals surface area contributed by atoms with Crippen LogP contribution in [0.25, 0.3) is 0 Å². The summed E-state index contributed by atoms with van der Waals surface area (Å²) in [4.78, 5) is 6.85. The maximum absolute atomic E-state index is 5.79. The zero-order valence-electron chi connectivity index (χ0n) is 20.2. The van der Waals surface area contributed by atoms with E-state index in [4.69, 9.17) is 9.26 Å². The molecule has 32 heavy (non-hydrogen) atoms. The smallest absolute Gasteiger partial charge is 0.191 e. The Hall–Kier alpha value is -1.81. The van der Waals surface area contributed by atoms with Gasteiger partial charge in [-0.2, -0.15) is 0 Å². The largest absolute Gasteiger partial charge is 0.494 e. The minimum atomic E-state index is 0. The van der Waals surface area contributed by atoms with Crippen LogP contribution in [0.5, 0.6) is 5.75 Å². The van der Waals surface area contributed by atoms with Gasteiger partial charge in [0, 0.05) is 25.1 Å². The molecule has 0 radical (unpaired) electrons. The van der Waals surface area contributed by atoms with Gasteiger partial charge in [-0.15, -0.1) is 24.0 Å². The average molecular weight is 558 g/mol. The lowest BCUT2D eigenvalue weighted by molar-refractivity contribution is 0.281. The van der Waals surface area contributed by atoms with Crippen LogP contribution in [0.3, 0.4) is 0 Å². The van der Waals surface area contributed by atoms with E-state index in [1.807, 2.05) is 18.2 Å². The van der Waals surface area contributed by atoms with E-state index in [2.05, 4.69) is 72.7 Å². The summed E-state index contributed by atoms with van der Waals surface area (Å²) in [6.07, 6.45) is 3.15. The Morgan fingerprint density at radius 2 is 1.84 bits per heavy atom. The predicted octanol–water partition coefficient (Wildman–Crippen LogP) is 4.78. The van der Waals surface area contributed by atoms with Crippen molar-refractivity contribution in [1.29, 1.82) is 0 Å². The van der Waals surface area contributed by atoms with Gasteiger partial charge in [0.25, 0.3) is 0 Å². The maximum atomic E-state index is 5.79. The molecule has 0 aliphatic heterocycles. The van der Waals surface area contributed by atoms with Gasteiger partial charge < -0.3 is 24.8 Å². The fourth-order valence-electron chi connectivity index (χ4n) is 3.26. The third-order valence-electron chi connectivity index (χ3n) is 5.12. The molecule has 0 spiro atoms. The molecule has 0 saturated heterocycles. The van der Waals surface area contributed by atoms with Gasteiger partial charge in [0.1, 0.15) is 5.75 Å². The molecule has 2 N–H and O–H groups in total. The van der Waals surface area contributed by atoms with Crippen molar-refractivity contribution < 1.29 is 9.26 Å². The lowest BCUT2D eigenvalue weighted by atomic mass is 9.99. The Morgan fingerprint density at radius 3 is 2.47 bits per heavy atom. The molecule has 0 atom stereocenters. The van der Waals surface area contributed by atoms with Crippen molar-refractivity contribution in [3.8, 4) is 5.75 Å². The molecule has 7 nitrogen and oxygen atoms in total. The summed E-state index contributed by atoms with van der Waals surface area (Å²) in [6, 6.07) is 10.2.